The molecule has 7 nitrogen and oxygen atoms in total. The SMILES string of the molecule is CC(=O)O.CC(=O)O.CCCCOCCOCCO. The summed E-state index contributed by atoms with van der Waals surface area (Å²) in [4.78, 5) is 18.0. The second kappa shape index (κ2) is 22.0. The van der Waals surface area contributed by atoms with Crippen molar-refractivity contribution in [3.05, 3.63) is 0 Å². The molecule has 0 unspecified atom stereocenters. The Labute approximate surface area is 114 Å². The van der Waals surface area contributed by atoms with Crippen molar-refractivity contribution >= 4 is 11.9 Å². The molecule has 19 heavy (non-hydrogen) atoms. The minimum atomic E-state index is -0.833. The van der Waals surface area contributed by atoms with E-state index in [1.807, 2.05) is 0 Å². The number of unbranched alkanes of at least 4 members (excludes halogenated alkanes) is 1. The minimum Gasteiger partial charge on any atom is -0.481 e. The van der Waals surface area contributed by atoms with Gasteiger partial charge in [-0.25, -0.2) is 0 Å². The Morgan fingerprint density at radius 3 is 1.58 bits per heavy atom. The van der Waals surface area contributed by atoms with Crippen molar-refractivity contribution in [2.75, 3.05) is 33.0 Å². The molecule has 0 aliphatic carbocycles. The normalized spacial score (nSPS) is 8.63. The van der Waals surface area contributed by atoms with Gasteiger partial charge in [-0.15, -0.1) is 0 Å². The molecule has 0 bridgehead atoms. The van der Waals surface area contributed by atoms with Gasteiger partial charge in [0, 0.05) is 20.5 Å². The van der Waals surface area contributed by atoms with Crippen LogP contribution < -0.4 is 0 Å². The average molecular weight is 282 g/mol. The first-order valence-corrected chi connectivity index (χ1v) is 6.03. The van der Waals surface area contributed by atoms with E-state index in [1.165, 1.54) is 0 Å². The van der Waals surface area contributed by atoms with Crippen LogP contribution in [0.15, 0.2) is 0 Å². The quantitative estimate of drug-likeness (QED) is 0.569. The molecule has 0 radical (unpaired) electrons. The highest BCUT2D eigenvalue weighted by Gasteiger charge is 1.87. The largest absolute Gasteiger partial charge is 0.481 e. The number of carboxylic acids is 2. The van der Waals surface area contributed by atoms with Crippen molar-refractivity contribution in [3.63, 3.8) is 0 Å². The van der Waals surface area contributed by atoms with Gasteiger partial charge in [-0.3, -0.25) is 9.59 Å². The standard InChI is InChI=1S/C8H18O3.2C2H4O2/c1-2-3-5-10-7-8-11-6-4-9;2*1-2(3)4/h9H,2-8H2,1H3;2*1H3,(H,3,4). The second-order valence-corrected chi connectivity index (χ2v) is 3.34. The van der Waals surface area contributed by atoms with Crippen LogP contribution in [0.1, 0.15) is 33.6 Å². The highest BCUT2D eigenvalue weighted by atomic mass is 16.5. The molecule has 0 aromatic carbocycles. The molecule has 3 N–H and O–H groups in total. The molecule has 0 atom stereocenters. The molecule has 0 spiro atoms. The fraction of sp³-hybridized carbons (Fsp3) is 0.833. The first kappa shape index (κ1) is 23.0. The van der Waals surface area contributed by atoms with Gasteiger partial charge in [0.1, 0.15) is 0 Å². The van der Waals surface area contributed by atoms with Crippen LogP contribution in [-0.4, -0.2) is 60.3 Å². The van der Waals surface area contributed by atoms with Crippen molar-refractivity contribution in [2.24, 2.45) is 0 Å². The first-order valence-electron chi connectivity index (χ1n) is 6.03. The van der Waals surface area contributed by atoms with Gasteiger partial charge in [-0.1, -0.05) is 13.3 Å². The van der Waals surface area contributed by atoms with E-state index >= 15 is 0 Å². The highest BCUT2D eigenvalue weighted by molar-refractivity contribution is 5.63. The summed E-state index contributed by atoms with van der Waals surface area (Å²) in [6.07, 6.45) is 2.28. The van der Waals surface area contributed by atoms with Crippen LogP contribution in [0, 0.1) is 0 Å². The zero-order valence-electron chi connectivity index (χ0n) is 11.9. The third-order valence-electron chi connectivity index (χ3n) is 1.25. The summed E-state index contributed by atoms with van der Waals surface area (Å²) in [5, 5.41) is 23.2. The van der Waals surface area contributed by atoms with Crippen molar-refractivity contribution in [3.8, 4) is 0 Å². The zero-order valence-corrected chi connectivity index (χ0v) is 11.9. The Morgan fingerprint density at radius 1 is 0.895 bits per heavy atom. The molecule has 0 amide bonds. The van der Waals surface area contributed by atoms with E-state index in [4.69, 9.17) is 34.4 Å². The van der Waals surface area contributed by atoms with E-state index in [2.05, 4.69) is 6.92 Å². The molecule has 0 fully saturated rings. The number of ether oxygens (including phenoxy) is 2. The van der Waals surface area contributed by atoms with E-state index < -0.39 is 11.9 Å². The van der Waals surface area contributed by atoms with Crippen LogP contribution >= 0.6 is 0 Å². The van der Waals surface area contributed by atoms with Crippen molar-refractivity contribution < 1.29 is 34.4 Å². The van der Waals surface area contributed by atoms with E-state index in [-0.39, 0.29) is 6.61 Å². The van der Waals surface area contributed by atoms with E-state index in [9.17, 15) is 0 Å². The lowest BCUT2D eigenvalue weighted by atomic mass is 10.4. The predicted octanol–water partition coefficient (Wildman–Crippen LogP) is 0.994. The fourth-order valence-corrected chi connectivity index (χ4v) is 0.633. The Morgan fingerprint density at radius 2 is 1.26 bits per heavy atom. The Balaban J connectivity index is -0.000000264. The Kier molecular flexibility index (Phi) is 26.6. The lowest BCUT2D eigenvalue weighted by Gasteiger charge is -2.02. The Hall–Kier alpha value is -1.18. The molecular weight excluding hydrogens is 256 g/mol. The Bertz CT molecular complexity index is 167. The summed E-state index contributed by atoms with van der Waals surface area (Å²) in [5.74, 6) is -1.67. The van der Waals surface area contributed by atoms with Crippen LogP contribution in [-0.2, 0) is 19.1 Å². The van der Waals surface area contributed by atoms with Crippen LogP contribution in [0.2, 0.25) is 0 Å². The molecule has 0 aromatic heterocycles. The number of hydrogen-bond acceptors (Lipinski definition) is 5. The summed E-state index contributed by atoms with van der Waals surface area (Å²) in [5.41, 5.74) is 0. The number of aliphatic carboxylic acids is 2. The number of carboxylic acid groups (broad SMARTS) is 2. The summed E-state index contributed by atoms with van der Waals surface area (Å²) >= 11 is 0. The predicted molar refractivity (Wildman–Crippen MR) is 70.3 cm³/mol. The van der Waals surface area contributed by atoms with Gasteiger partial charge in [0.15, 0.2) is 0 Å². The monoisotopic (exact) mass is 282 g/mol. The van der Waals surface area contributed by atoms with Gasteiger partial charge >= 0.3 is 0 Å². The van der Waals surface area contributed by atoms with Crippen LogP contribution in [0.4, 0.5) is 0 Å². The molecule has 0 rings (SSSR count). The molecule has 0 saturated heterocycles. The molecule has 0 aromatic rings. The third-order valence-corrected chi connectivity index (χ3v) is 1.25. The maximum Gasteiger partial charge on any atom is 0.300 e. The number of aliphatic hydroxyl groups is 1. The maximum absolute atomic E-state index is 9.00. The van der Waals surface area contributed by atoms with Gasteiger partial charge < -0.3 is 24.8 Å². The molecule has 0 saturated carbocycles. The number of rotatable bonds is 8. The molecular formula is C12H26O7. The summed E-state index contributed by atoms with van der Waals surface area (Å²) < 4.78 is 10.2. The topological polar surface area (TPSA) is 113 Å². The smallest absolute Gasteiger partial charge is 0.300 e. The van der Waals surface area contributed by atoms with Gasteiger partial charge in [0.2, 0.25) is 0 Å². The summed E-state index contributed by atoms with van der Waals surface area (Å²) in [6, 6.07) is 0. The maximum atomic E-state index is 9.00. The molecule has 0 heterocycles. The van der Waals surface area contributed by atoms with E-state index in [0.717, 1.165) is 33.3 Å². The lowest BCUT2D eigenvalue weighted by molar-refractivity contribution is -0.135. The van der Waals surface area contributed by atoms with Gasteiger partial charge in [0.05, 0.1) is 26.4 Å². The van der Waals surface area contributed by atoms with Crippen LogP contribution in [0.25, 0.3) is 0 Å². The lowest BCUT2D eigenvalue weighted by Crippen LogP contribution is -2.07. The van der Waals surface area contributed by atoms with E-state index in [1.54, 1.807) is 0 Å². The fourth-order valence-electron chi connectivity index (χ4n) is 0.633. The first-order chi connectivity index (χ1) is 8.88. The van der Waals surface area contributed by atoms with Gasteiger partial charge in [-0.2, -0.15) is 0 Å². The van der Waals surface area contributed by atoms with Gasteiger partial charge in [-0.05, 0) is 6.42 Å². The third kappa shape index (κ3) is 79.4. The van der Waals surface area contributed by atoms with Crippen LogP contribution in [0.5, 0.6) is 0 Å². The summed E-state index contributed by atoms with van der Waals surface area (Å²) in [7, 11) is 0. The van der Waals surface area contributed by atoms with Gasteiger partial charge in [0.25, 0.3) is 11.9 Å². The van der Waals surface area contributed by atoms with Crippen molar-refractivity contribution in [1.82, 2.24) is 0 Å². The number of hydrogen-bond donors (Lipinski definition) is 3. The molecule has 116 valence electrons. The number of carbonyl (C=O) groups is 2. The highest BCUT2D eigenvalue weighted by Crippen LogP contribution is 1.87. The molecule has 0 aliphatic heterocycles. The minimum absolute atomic E-state index is 0.0922. The van der Waals surface area contributed by atoms with Crippen LogP contribution in [0.3, 0.4) is 0 Å². The zero-order chi connectivity index (χ0) is 15.5. The second-order valence-electron chi connectivity index (χ2n) is 3.34. The molecule has 0 aliphatic rings. The number of aliphatic hydroxyl groups excluding tert-OH is 1. The summed E-state index contributed by atoms with van der Waals surface area (Å²) in [6.45, 7) is 6.85. The average Bonchev–Trinajstić information content (AvgIpc) is 2.26. The van der Waals surface area contributed by atoms with Crippen molar-refractivity contribution in [2.45, 2.75) is 33.6 Å². The van der Waals surface area contributed by atoms with Crippen molar-refractivity contribution in [1.29, 1.82) is 0 Å². The van der Waals surface area contributed by atoms with E-state index in [0.29, 0.717) is 19.8 Å². The molecule has 7 heteroatoms.